The first-order valence-electron chi connectivity index (χ1n) is 12.7. The molecular formula is C27H28F3N7O. The molecule has 1 aliphatic heterocycles. The van der Waals surface area contributed by atoms with E-state index in [2.05, 4.69) is 30.6 Å². The van der Waals surface area contributed by atoms with Crippen LogP contribution in [0.25, 0.3) is 17.1 Å². The zero-order valence-corrected chi connectivity index (χ0v) is 21.0. The number of hydrogen-bond acceptors (Lipinski definition) is 6. The monoisotopic (exact) mass is 523 g/mol. The maximum Gasteiger partial charge on any atom is 0.573 e. The Hall–Kier alpha value is -3.86. The lowest BCUT2D eigenvalue weighted by Gasteiger charge is -2.35. The van der Waals surface area contributed by atoms with Crippen LogP contribution in [0.2, 0.25) is 0 Å². The van der Waals surface area contributed by atoms with E-state index in [4.69, 9.17) is 5.10 Å². The van der Waals surface area contributed by atoms with E-state index in [9.17, 15) is 13.2 Å². The maximum absolute atomic E-state index is 12.4. The summed E-state index contributed by atoms with van der Waals surface area (Å²) in [6.45, 7) is 6.81. The summed E-state index contributed by atoms with van der Waals surface area (Å²) in [5.74, 6) is 0.740. The smallest absolute Gasteiger partial charge is 0.406 e. The molecule has 8 nitrogen and oxygen atoms in total. The average Bonchev–Trinajstić information content (AvgIpc) is 3.52. The SMILES string of the molecule is Cc1cc(-c2cn(-c3ccc(OC(F)(F)F)cc3)cn2)nn1Cc1ccnc(N2CCN(C3CC3)CC2)c1. The topological polar surface area (TPSA) is 64.2 Å². The van der Waals surface area contributed by atoms with Gasteiger partial charge in [0.2, 0.25) is 0 Å². The minimum Gasteiger partial charge on any atom is -0.406 e. The molecule has 0 spiro atoms. The molecular weight excluding hydrogens is 495 g/mol. The van der Waals surface area contributed by atoms with E-state index in [1.807, 2.05) is 29.9 Å². The first kappa shape index (κ1) is 24.5. The molecule has 0 radical (unpaired) electrons. The number of pyridine rings is 1. The molecule has 1 aromatic carbocycles. The molecule has 0 bridgehead atoms. The molecule has 0 atom stereocenters. The predicted octanol–water partition coefficient (Wildman–Crippen LogP) is 4.67. The summed E-state index contributed by atoms with van der Waals surface area (Å²) in [4.78, 5) is 14.0. The lowest BCUT2D eigenvalue weighted by atomic mass is 10.2. The third kappa shape index (κ3) is 5.52. The first-order valence-corrected chi connectivity index (χ1v) is 12.7. The van der Waals surface area contributed by atoms with Crippen LogP contribution < -0.4 is 9.64 Å². The number of anilines is 1. The molecule has 38 heavy (non-hydrogen) atoms. The molecule has 0 amide bonds. The highest BCUT2D eigenvalue weighted by Gasteiger charge is 2.32. The van der Waals surface area contributed by atoms with Gasteiger partial charge in [-0.25, -0.2) is 9.97 Å². The van der Waals surface area contributed by atoms with Crippen molar-refractivity contribution < 1.29 is 17.9 Å². The molecule has 1 saturated carbocycles. The molecule has 3 aromatic heterocycles. The molecule has 198 valence electrons. The Kier molecular flexibility index (Phi) is 6.30. The van der Waals surface area contributed by atoms with Crippen molar-refractivity contribution in [3.8, 4) is 22.8 Å². The molecule has 4 heterocycles. The number of aryl methyl sites for hydroxylation is 1. The zero-order valence-electron chi connectivity index (χ0n) is 21.0. The van der Waals surface area contributed by atoms with Crippen molar-refractivity contribution in [3.63, 3.8) is 0 Å². The quantitative estimate of drug-likeness (QED) is 0.351. The second kappa shape index (κ2) is 9.79. The highest BCUT2D eigenvalue weighted by molar-refractivity contribution is 5.55. The second-order valence-corrected chi connectivity index (χ2v) is 9.81. The third-order valence-electron chi connectivity index (χ3n) is 7.04. The number of alkyl halides is 3. The van der Waals surface area contributed by atoms with Gasteiger partial charge in [0.15, 0.2) is 0 Å². The van der Waals surface area contributed by atoms with E-state index < -0.39 is 6.36 Å². The van der Waals surface area contributed by atoms with E-state index in [0.29, 0.717) is 17.9 Å². The van der Waals surface area contributed by atoms with Gasteiger partial charge in [0.1, 0.15) is 23.0 Å². The summed E-state index contributed by atoms with van der Waals surface area (Å²) in [5, 5.41) is 4.77. The number of aromatic nitrogens is 5. The van der Waals surface area contributed by atoms with Crippen LogP contribution in [0.5, 0.6) is 5.75 Å². The van der Waals surface area contributed by atoms with Gasteiger partial charge in [-0.1, -0.05) is 0 Å². The molecule has 2 aliphatic rings. The van der Waals surface area contributed by atoms with Gasteiger partial charge in [-0.2, -0.15) is 5.10 Å². The van der Waals surface area contributed by atoms with Gasteiger partial charge >= 0.3 is 6.36 Å². The number of nitrogens with zero attached hydrogens (tertiary/aromatic N) is 7. The number of benzene rings is 1. The Balaban J connectivity index is 1.13. The fraction of sp³-hybridized carbons (Fsp3) is 0.370. The molecule has 1 aliphatic carbocycles. The van der Waals surface area contributed by atoms with E-state index in [1.54, 1.807) is 29.2 Å². The van der Waals surface area contributed by atoms with Crippen molar-refractivity contribution in [2.24, 2.45) is 0 Å². The Labute approximate surface area is 218 Å². The van der Waals surface area contributed by atoms with E-state index in [0.717, 1.165) is 55.0 Å². The highest BCUT2D eigenvalue weighted by Crippen LogP contribution is 2.29. The maximum atomic E-state index is 12.4. The Morgan fingerprint density at radius 2 is 1.71 bits per heavy atom. The zero-order chi connectivity index (χ0) is 26.3. The van der Waals surface area contributed by atoms with Crippen LogP contribution in [-0.2, 0) is 6.54 Å². The largest absolute Gasteiger partial charge is 0.573 e. The summed E-state index contributed by atoms with van der Waals surface area (Å²) in [5.41, 5.74) is 4.19. The van der Waals surface area contributed by atoms with Gasteiger partial charge in [-0.05, 0) is 67.8 Å². The number of piperazine rings is 1. The first-order chi connectivity index (χ1) is 18.3. The Morgan fingerprint density at radius 1 is 0.947 bits per heavy atom. The molecule has 4 aromatic rings. The molecule has 0 N–H and O–H groups in total. The van der Waals surface area contributed by atoms with Crippen LogP contribution in [0.4, 0.5) is 19.0 Å². The van der Waals surface area contributed by atoms with E-state index in [-0.39, 0.29) is 5.75 Å². The van der Waals surface area contributed by atoms with Crippen molar-refractivity contribution in [1.82, 2.24) is 29.2 Å². The summed E-state index contributed by atoms with van der Waals surface area (Å²) in [6.07, 6.45) is 3.24. The highest BCUT2D eigenvalue weighted by atomic mass is 19.4. The number of hydrogen-bond donors (Lipinski definition) is 0. The standard InChI is InChI=1S/C27H28F3N7O/c1-19-14-24(25-17-36(18-32-25)22-4-6-23(7-5-22)38-27(28,29)30)33-37(19)16-20-8-9-31-26(15-20)35-12-10-34(11-13-35)21-2-3-21/h4-9,14-15,17-18,21H,2-3,10-13,16H2,1H3. The predicted molar refractivity (Wildman–Crippen MR) is 136 cm³/mol. The van der Waals surface area contributed by atoms with Crippen LogP contribution >= 0.6 is 0 Å². The molecule has 11 heteroatoms. The van der Waals surface area contributed by atoms with E-state index >= 15 is 0 Å². The summed E-state index contributed by atoms with van der Waals surface area (Å²) in [7, 11) is 0. The van der Waals surface area contributed by atoms with Gasteiger partial charge in [0.25, 0.3) is 0 Å². The van der Waals surface area contributed by atoms with Crippen LogP contribution in [0.15, 0.2) is 61.2 Å². The van der Waals surface area contributed by atoms with Gasteiger partial charge < -0.3 is 14.2 Å². The number of imidazole rings is 1. The second-order valence-electron chi connectivity index (χ2n) is 9.81. The summed E-state index contributed by atoms with van der Waals surface area (Å²) >= 11 is 0. The van der Waals surface area contributed by atoms with Crippen molar-refractivity contribution in [3.05, 3.63) is 72.4 Å². The minimum absolute atomic E-state index is 0.268. The number of halogens is 3. The molecule has 2 fully saturated rings. The van der Waals surface area contributed by atoms with Crippen LogP contribution in [0.3, 0.4) is 0 Å². The Bertz CT molecular complexity index is 1400. The summed E-state index contributed by atoms with van der Waals surface area (Å²) < 4.78 is 44.9. The summed E-state index contributed by atoms with van der Waals surface area (Å²) in [6, 6.07) is 12.6. The van der Waals surface area contributed by atoms with Gasteiger partial charge in [0.05, 0.1) is 12.9 Å². The normalized spacial score (nSPS) is 16.7. The van der Waals surface area contributed by atoms with Crippen molar-refractivity contribution in [1.29, 1.82) is 0 Å². The Morgan fingerprint density at radius 3 is 2.42 bits per heavy atom. The van der Waals surface area contributed by atoms with Crippen LogP contribution in [0, 0.1) is 6.92 Å². The van der Waals surface area contributed by atoms with Gasteiger partial charge in [0, 0.05) is 56.0 Å². The fourth-order valence-electron chi connectivity index (χ4n) is 4.87. The lowest BCUT2D eigenvalue weighted by Crippen LogP contribution is -2.47. The van der Waals surface area contributed by atoms with Crippen molar-refractivity contribution in [2.75, 3.05) is 31.1 Å². The van der Waals surface area contributed by atoms with Crippen molar-refractivity contribution >= 4 is 5.82 Å². The minimum atomic E-state index is -4.72. The van der Waals surface area contributed by atoms with Gasteiger partial charge in [-0.3, -0.25) is 9.58 Å². The number of ether oxygens (including phenoxy) is 1. The average molecular weight is 524 g/mol. The molecule has 0 unspecified atom stereocenters. The van der Waals surface area contributed by atoms with E-state index in [1.165, 1.54) is 25.0 Å². The lowest BCUT2D eigenvalue weighted by molar-refractivity contribution is -0.274. The molecule has 6 rings (SSSR count). The molecule has 1 saturated heterocycles. The van der Waals surface area contributed by atoms with Gasteiger partial charge in [-0.15, -0.1) is 13.2 Å². The van der Waals surface area contributed by atoms with Crippen molar-refractivity contribution in [2.45, 2.75) is 38.7 Å². The van der Waals surface area contributed by atoms with Crippen LogP contribution in [-0.4, -0.2) is 67.8 Å². The third-order valence-corrected chi connectivity index (χ3v) is 7.04. The fourth-order valence-corrected chi connectivity index (χ4v) is 4.87. The van der Waals surface area contributed by atoms with Crippen LogP contribution in [0.1, 0.15) is 24.1 Å². The number of rotatable bonds is 7.